The number of ether oxygens (including phenoxy) is 1. The number of benzene rings is 1. The van der Waals surface area contributed by atoms with Crippen LogP contribution in [0.2, 0.25) is 0 Å². The average molecular weight is 429 g/mol. The van der Waals surface area contributed by atoms with Crippen LogP contribution in [0.5, 0.6) is 0 Å². The highest BCUT2D eigenvalue weighted by atomic mass is 16.5. The summed E-state index contributed by atoms with van der Waals surface area (Å²) in [5.41, 5.74) is 0.780. The van der Waals surface area contributed by atoms with Crippen LogP contribution in [0, 0.1) is 11.3 Å². The number of imide groups is 1. The Morgan fingerprint density at radius 3 is 2.48 bits per heavy atom. The summed E-state index contributed by atoms with van der Waals surface area (Å²) in [6.07, 6.45) is 2.22. The van der Waals surface area contributed by atoms with Gasteiger partial charge in [-0.1, -0.05) is 20.8 Å². The second-order valence-corrected chi connectivity index (χ2v) is 9.95. The van der Waals surface area contributed by atoms with Crippen LogP contribution >= 0.6 is 0 Å². The van der Waals surface area contributed by atoms with Crippen molar-refractivity contribution in [2.45, 2.75) is 45.6 Å². The third-order valence-electron chi connectivity index (χ3n) is 6.45. The van der Waals surface area contributed by atoms with Crippen molar-refractivity contribution < 1.29 is 19.1 Å². The summed E-state index contributed by atoms with van der Waals surface area (Å²) in [6, 6.07) is 7.10. The number of carbonyl (C=O) groups excluding carboxylic acids is 3. The maximum absolute atomic E-state index is 13.2. The normalized spacial score (nSPS) is 28.0. The topological polar surface area (TPSA) is 91.0 Å². The van der Waals surface area contributed by atoms with Gasteiger partial charge < -0.3 is 20.3 Å². The Labute approximate surface area is 183 Å². The first-order valence-electron chi connectivity index (χ1n) is 11.0. The lowest BCUT2D eigenvalue weighted by Crippen LogP contribution is -2.54. The van der Waals surface area contributed by atoms with E-state index in [2.05, 4.69) is 36.3 Å². The first-order chi connectivity index (χ1) is 14.7. The van der Waals surface area contributed by atoms with Gasteiger partial charge in [-0.3, -0.25) is 14.5 Å². The van der Waals surface area contributed by atoms with E-state index in [1.54, 1.807) is 0 Å². The van der Waals surface area contributed by atoms with Crippen molar-refractivity contribution in [2.75, 3.05) is 43.1 Å². The summed E-state index contributed by atoms with van der Waals surface area (Å²) in [4.78, 5) is 41.7. The van der Waals surface area contributed by atoms with Crippen molar-refractivity contribution >= 4 is 29.2 Å². The molecule has 31 heavy (non-hydrogen) atoms. The molecule has 8 nitrogen and oxygen atoms in total. The summed E-state index contributed by atoms with van der Waals surface area (Å²) in [5, 5.41) is 5.71. The van der Waals surface area contributed by atoms with Gasteiger partial charge in [0.25, 0.3) is 5.91 Å². The van der Waals surface area contributed by atoms with Crippen LogP contribution in [0.4, 0.5) is 16.2 Å². The fraction of sp³-hybridized carbons (Fsp3) is 0.609. The zero-order valence-electron chi connectivity index (χ0n) is 18.6. The molecule has 168 valence electrons. The van der Waals surface area contributed by atoms with Gasteiger partial charge in [0.2, 0.25) is 5.91 Å². The van der Waals surface area contributed by atoms with E-state index >= 15 is 0 Å². The second-order valence-electron chi connectivity index (χ2n) is 9.95. The number of urea groups is 1. The van der Waals surface area contributed by atoms with Gasteiger partial charge in [0.15, 0.2) is 0 Å². The van der Waals surface area contributed by atoms with E-state index < -0.39 is 11.6 Å². The molecule has 2 N–H and O–H groups in total. The second kappa shape index (κ2) is 8.15. The fourth-order valence-corrected chi connectivity index (χ4v) is 5.57. The zero-order valence-corrected chi connectivity index (χ0v) is 18.6. The van der Waals surface area contributed by atoms with Crippen LogP contribution in [0.15, 0.2) is 24.3 Å². The number of amides is 4. The highest BCUT2D eigenvalue weighted by Gasteiger charge is 2.56. The molecule has 1 saturated carbocycles. The van der Waals surface area contributed by atoms with E-state index in [1.807, 2.05) is 24.3 Å². The maximum Gasteiger partial charge on any atom is 0.325 e. The van der Waals surface area contributed by atoms with Crippen molar-refractivity contribution in [2.24, 2.45) is 11.3 Å². The average Bonchev–Trinajstić information content (AvgIpc) is 2.91. The molecule has 3 fully saturated rings. The zero-order chi connectivity index (χ0) is 22.2. The summed E-state index contributed by atoms with van der Waals surface area (Å²) < 4.78 is 5.37. The number of hydrogen-bond donors (Lipinski definition) is 2. The monoisotopic (exact) mass is 428 g/mol. The van der Waals surface area contributed by atoms with Crippen LogP contribution in [0.3, 0.4) is 0 Å². The molecule has 2 heterocycles. The van der Waals surface area contributed by atoms with E-state index in [-0.39, 0.29) is 23.8 Å². The molecule has 2 atom stereocenters. The Balaban J connectivity index is 1.38. The Morgan fingerprint density at radius 1 is 1.16 bits per heavy atom. The lowest BCUT2D eigenvalue weighted by atomic mass is 9.64. The molecule has 8 heteroatoms. The summed E-state index contributed by atoms with van der Waals surface area (Å²) in [5.74, 6) is -0.343. The van der Waals surface area contributed by atoms with E-state index in [9.17, 15) is 14.4 Å². The van der Waals surface area contributed by atoms with Gasteiger partial charge in [0.05, 0.1) is 13.2 Å². The molecule has 2 aliphatic heterocycles. The number of nitrogens with zero attached hydrogens (tertiary/aromatic N) is 2. The van der Waals surface area contributed by atoms with Crippen molar-refractivity contribution in [1.29, 1.82) is 0 Å². The third-order valence-corrected chi connectivity index (χ3v) is 6.45. The number of carbonyl (C=O) groups is 3. The minimum absolute atomic E-state index is 0.0406. The minimum Gasteiger partial charge on any atom is -0.378 e. The van der Waals surface area contributed by atoms with Gasteiger partial charge >= 0.3 is 6.03 Å². The van der Waals surface area contributed by atoms with Gasteiger partial charge in [0.1, 0.15) is 12.1 Å². The molecule has 0 aromatic heterocycles. The lowest BCUT2D eigenvalue weighted by Gasteiger charge is -2.43. The van der Waals surface area contributed by atoms with E-state index in [1.165, 1.54) is 0 Å². The molecule has 3 aliphatic rings. The molecule has 1 spiro atoms. The van der Waals surface area contributed by atoms with Crippen LogP contribution in [-0.2, 0) is 14.3 Å². The number of rotatable bonds is 4. The first-order valence-corrected chi connectivity index (χ1v) is 11.0. The molecule has 1 aromatic carbocycles. The highest BCUT2D eigenvalue weighted by Crippen LogP contribution is 2.46. The summed E-state index contributed by atoms with van der Waals surface area (Å²) in [6.45, 7) is 9.18. The Kier molecular flexibility index (Phi) is 5.68. The van der Waals surface area contributed by atoms with Gasteiger partial charge in [0, 0.05) is 24.5 Å². The molecule has 1 aliphatic carbocycles. The van der Waals surface area contributed by atoms with E-state index in [0.29, 0.717) is 37.7 Å². The fourth-order valence-electron chi connectivity index (χ4n) is 5.57. The van der Waals surface area contributed by atoms with Crippen molar-refractivity contribution in [1.82, 2.24) is 10.2 Å². The van der Waals surface area contributed by atoms with Crippen LogP contribution < -0.4 is 15.5 Å². The Bertz CT molecular complexity index is 863. The Hall–Kier alpha value is -2.61. The molecule has 0 bridgehead atoms. The first kappa shape index (κ1) is 21.6. The van der Waals surface area contributed by atoms with Gasteiger partial charge in [-0.25, -0.2) is 4.79 Å². The van der Waals surface area contributed by atoms with Gasteiger partial charge in [-0.15, -0.1) is 0 Å². The molecule has 0 unspecified atom stereocenters. The van der Waals surface area contributed by atoms with E-state index in [0.717, 1.165) is 30.1 Å². The van der Waals surface area contributed by atoms with Gasteiger partial charge in [-0.05, 0) is 54.9 Å². The van der Waals surface area contributed by atoms with Crippen molar-refractivity contribution in [3.8, 4) is 0 Å². The van der Waals surface area contributed by atoms with Crippen LogP contribution in [-0.4, -0.2) is 61.1 Å². The predicted molar refractivity (Wildman–Crippen MR) is 118 cm³/mol. The molecular formula is C23H32N4O4. The molecule has 0 radical (unpaired) electrons. The molecule has 4 rings (SSSR count). The standard InChI is InChI=1S/C23H32N4O4/c1-16-12-22(2,3)15-23(13-16)20(29)27(21(30)25-23)14-19(28)24-17-4-6-18(7-5-17)26-8-10-31-11-9-26/h4-7,16H,8-15H2,1-3H3,(H,24,28)(H,25,30)/t16-,23+/m0/s1. The SMILES string of the molecule is C[C@H]1CC(C)(C)C[C@@]2(C1)NC(=O)N(CC(=O)Nc1ccc(N3CCOCC3)cc1)C2=O. The maximum atomic E-state index is 13.2. The Morgan fingerprint density at radius 2 is 1.84 bits per heavy atom. The number of nitrogens with one attached hydrogen (secondary N) is 2. The largest absolute Gasteiger partial charge is 0.378 e. The smallest absolute Gasteiger partial charge is 0.325 e. The minimum atomic E-state index is -0.891. The molecular weight excluding hydrogens is 396 g/mol. The van der Waals surface area contributed by atoms with Crippen molar-refractivity contribution in [3.05, 3.63) is 24.3 Å². The van der Waals surface area contributed by atoms with Crippen LogP contribution in [0.25, 0.3) is 0 Å². The third kappa shape index (κ3) is 4.54. The van der Waals surface area contributed by atoms with Crippen molar-refractivity contribution in [3.63, 3.8) is 0 Å². The van der Waals surface area contributed by atoms with Crippen LogP contribution in [0.1, 0.15) is 40.0 Å². The quantitative estimate of drug-likeness (QED) is 0.720. The molecule has 1 aromatic rings. The predicted octanol–water partition coefficient (Wildman–Crippen LogP) is 2.60. The summed E-state index contributed by atoms with van der Waals surface area (Å²) >= 11 is 0. The summed E-state index contributed by atoms with van der Waals surface area (Å²) in [7, 11) is 0. The molecule has 4 amide bonds. The van der Waals surface area contributed by atoms with Gasteiger partial charge in [-0.2, -0.15) is 0 Å². The molecule has 2 saturated heterocycles. The number of hydrogen-bond acceptors (Lipinski definition) is 5. The lowest BCUT2D eigenvalue weighted by molar-refractivity contribution is -0.136. The van der Waals surface area contributed by atoms with E-state index in [4.69, 9.17) is 4.74 Å². The number of anilines is 2. The number of morpholine rings is 1. The highest BCUT2D eigenvalue weighted by molar-refractivity contribution is 6.10.